The minimum absolute atomic E-state index is 0.626. The Balaban J connectivity index is 3.53. The third-order valence-corrected chi connectivity index (χ3v) is 1.24. The molecule has 0 aromatic carbocycles. The lowest BCUT2D eigenvalue weighted by atomic mass is 10.4. The van der Waals surface area contributed by atoms with Crippen LogP contribution >= 0.6 is 22.9 Å². The molecular formula is C4H7IN2O. The molecule has 1 amide bonds. The molecule has 46 valence electrons. The lowest BCUT2D eigenvalue weighted by Gasteiger charge is -1.93. The molecule has 0 saturated heterocycles. The highest BCUT2D eigenvalue weighted by Crippen LogP contribution is 1.86. The van der Waals surface area contributed by atoms with Gasteiger partial charge in [-0.1, -0.05) is 6.92 Å². The van der Waals surface area contributed by atoms with Gasteiger partial charge < -0.3 is 5.32 Å². The molecule has 0 aliphatic carbocycles. The third-order valence-electron chi connectivity index (χ3n) is 0.662. The highest BCUT2D eigenvalue weighted by atomic mass is 127. The number of halogens is 1. The minimum atomic E-state index is 0.626. The van der Waals surface area contributed by atoms with Gasteiger partial charge in [0.25, 0.3) is 0 Å². The second-order valence-corrected chi connectivity index (χ2v) is 1.63. The Bertz CT molecular complexity index is 102. The largest absolute Gasteiger partial charge is 0.316 e. The standard InChI is InChI=1S/C4H7IN2O/c1-2-4(7-5)6-3-8/h3H,2H2,1H3,(H,6,7,8). The molecule has 0 unspecified atom stereocenters. The van der Waals surface area contributed by atoms with Gasteiger partial charge in [-0.15, -0.1) is 0 Å². The highest BCUT2D eigenvalue weighted by Gasteiger charge is 1.87. The van der Waals surface area contributed by atoms with Crippen molar-refractivity contribution in [3.8, 4) is 0 Å². The fraction of sp³-hybridized carbons (Fsp3) is 0.500. The van der Waals surface area contributed by atoms with Crippen molar-refractivity contribution in [3.05, 3.63) is 0 Å². The van der Waals surface area contributed by atoms with E-state index in [1.807, 2.05) is 29.8 Å². The van der Waals surface area contributed by atoms with Crippen molar-refractivity contribution >= 4 is 35.1 Å². The molecule has 0 atom stereocenters. The SMILES string of the molecule is CC/C(=N/I)NC=O. The van der Waals surface area contributed by atoms with Gasteiger partial charge in [-0.25, -0.2) is 3.21 Å². The summed E-state index contributed by atoms with van der Waals surface area (Å²) in [5.41, 5.74) is 0. The summed E-state index contributed by atoms with van der Waals surface area (Å²) in [6.07, 6.45) is 1.39. The molecule has 3 nitrogen and oxygen atoms in total. The number of nitrogens with one attached hydrogen (secondary N) is 1. The molecule has 0 fully saturated rings. The monoisotopic (exact) mass is 226 g/mol. The van der Waals surface area contributed by atoms with Crippen molar-refractivity contribution in [2.24, 2.45) is 3.21 Å². The number of carbonyl (C=O) groups excluding carboxylic acids is 1. The van der Waals surface area contributed by atoms with Gasteiger partial charge in [-0.2, -0.15) is 0 Å². The maximum atomic E-state index is 9.74. The summed E-state index contributed by atoms with van der Waals surface area (Å²) >= 11 is 1.84. The Labute approximate surface area is 62.1 Å². The molecule has 0 saturated carbocycles. The Morgan fingerprint density at radius 2 is 2.62 bits per heavy atom. The first-order valence-electron chi connectivity index (χ1n) is 2.23. The average molecular weight is 226 g/mol. The summed E-state index contributed by atoms with van der Waals surface area (Å²) in [5, 5.41) is 2.44. The summed E-state index contributed by atoms with van der Waals surface area (Å²) in [7, 11) is 0. The predicted molar refractivity (Wildman–Crippen MR) is 40.9 cm³/mol. The van der Waals surface area contributed by atoms with Crippen LogP contribution in [0.15, 0.2) is 3.21 Å². The van der Waals surface area contributed by atoms with E-state index in [1.54, 1.807) is 0 Å². The van der Waals surface area contributed by atoms with Gasteiger partial charge in [0.15, 0.2) is 0 Å². The van der Waals surface area contributed by atoms with Crippen LogP contribution in [0.5, 0.6) is 0 Å². The zero-order valence-corrected chi connectivity index (χ0v) is 6.68. The zero-order valence-electron chi connectivity index (χ0n) is 4.52. The van der Waals surface area contributed by atoms with E-state index >= 15 is 0 Å². The van der Waals surface area contributed by atoms with Crippen LogP contribution in [0, 0.1) is 0 Å². The molecular weight excluding hydrogens is 219 g/mol. The van der Waals surface area contributed by atoms with Gasteiger partial charge in [-0.05, 0) is 0 Å². The van der Waals surface area contributed by atoms with Crippen molar-refractivity contribution in [2.75, 3.05) is 0 Å². The number of hydrogen-bond acceptors (Lipinski definition) is 2. The van der Waals surface area contributed by atoms with Crippen LogP contribution in [-0.2, 0) is 4.79 Å². The van der Waals surface area contributed by atoms with Crippen molar-refractivity contribution in [1.29, 1.82) is 0 Å². The molecule has 0 spiro atoms. The summed E-state index contributed by atoms with van der Waals surface area (Å²) in [4.78, 5) is 9.74. The Morgan fingerprint density at radius 1 is 2.00 bits per heavy atom. The van der Waals surface area contributed by atoms with Gasteiger partial charge in [0.2, 0.25) is 6.41 Å². The number of amidine groups is 1. The van der Waals surface area contributed by atoms with Crippen LogP contribution in [0.2, 0.25) is 0 Å². The molecule has 0 rings (SSSR count). The summed E-state index contributed by atoms with van der Waals surface area (Å²) in [5.74, 6) is 0.709. The van der Waals surface area contributed by atoms with Gasteiger partial charge >= 0.3 is 0 Å². The lowest BCUT2D eigenvalue weighted by molar-refractivity contribution is -0.108. The van der Waals surface area contributed by atoms with E-state index in [9.17, 15) is 4.79 Å². The fourth-order valence-corrected chi connectivity index (χ4v) is 0.735. The number of hydrogen-bond donors (Lipinski definition) is 1. The van der Waals surface area contributed by atoms with E-state index in [-0.39, 0.29) is 0 Å². The smallest absolute Gasteiger partial charge is 0.212 e. The molecule has 0 aromatic heterocycles. The highest BCUT2D eigenvalue weighted by molar-refractivity contribution is 14.1. The topological polar surface area (TPSA) is 41.5 Å². The van der Waals surface area contributed by atoms with E-state index in [4.69, 9.17) is 0 Å². The van der Waals surface area contributed by atoms with Crippen molar-refractivity contribution < 1.29 is 4.79 Å². The maximum Gasteiger partial charge on any atom is 0.212 e. The molecule has 0 aromatic rings. The predicted octanol–water partition coefficient (Wildman–Crippen LogP) is 0.891. The average Bonchev–Trinajstić information content (AvgIpc) is 1.83. The van der Waals surface area contributed by atoms with Crippen LogP contribution < -0.4 is 5.32 Å². The quantitative estimate of drug-likeness (QED) is 0.323. The van der Waals surface area contributed by atoms with Crippen LogP contribution in [0.3, 0.4) is 0 Å². The normalized spacial score (nSPS) is 11.0. The van der Waals surface area contributed by atoms with Crippen LogP contribution in [0.25, 0.3) is 0 Å². The van der Waals surface area contributed by atoms with Crippen molar-refractivity contribution in [3.63, 3.8) is 0 Å². The van der Waals surface area contributed by atoms with Crippen molar-refractivity contribution in [1.82, 2.24) is 5.32 Å². The first kappa shape index (κ1) is 7.87. The van der Waals surface area contributed by atoms with E-state index < -0.39 is 0 Å². The molecule has 0 aliphatic heterocycles. The molecule has 0 heterocycles. The maximum absolute atomic E-state index is 9.74. The Morgan fingerprint density at radius 3 is 2.75 bits per heavy atom. The van der Waals surface area contributed by atoms with E-state index in [1.165, 1.54) is 0 Å². The summed E-state index contributed by atoms with van der Waals surface area (Å²) < 4.78 is 3.74. The number of nitrogens with zero attached hydrogens (tertiary/aromatic N) is 1. The second-order valence-electron chi connectivity index (χ2n) is 1.15. The molecule has 4 heteroatoms. The zero-order chi connectivity index (χ0) is 6.41. The van der Waals surface area contributed by atoms with E-state index in [2.05, 4.69) is 8.52 Å². The van der Waals surface area contributed by atoms with Crippen LogP contribution in [0.1, 0.15) is 13.3 Å². The molecule has 0 bridgehead atoms. The first-order chi connectivity index (χ1) is 3.85. The minimum Gasteiger partial charge on any atom is -0.316 e. The second kappa shape index (κ2) is 5.02. The Kier molecular flexibility index (Phi) is 4.93. The summed E-state index contributed by atoms with van der Waals surface area (Å²) in [6.45, 7) is 1.92. The number of rotatable bonds is 2. The molecule has 0 aliphatic rings. The fourth-order valence-electron chi connectivity index (χ4n) is 0.254. The van der Waals surface area contributed by atoms with E-state index in [0.29, 0.717) is 12.2 Å². The lowest BCUT2D eigenvalue weighted by Crippen LogP contribution is -2.19. The van der Waals surface area contributed by atoms with E-state index in [0.717, 1.165) is 6.42 Å². The van der Waals surface area contributed by atoms with Crippen LogP contribution in [0.4, 0.5) is 0 Å². The van der Waals surface area contributed by atoms with Crippen LogP contribution in [-0.4, -0.2) is 12.2 Å². The van der Waals surface area contributed by atoms with Gasteiger partial charge in [-0.3, -0.25) is 4.79 Å². The summed E-state index contributed by atoms with van der Waals surface area (Å²) in [6, 6.07) is 0. The first-order valence-corrected chi connectivity index (χ1v) is 3.19. The molecule has 0 radical (unpaired) electrons. The van der Waals surface area contributed by atoms with Gasteiger partial charge in [0, 0.05) is 6.42 Å². The molecule has 8 heavy (non-hydrogen) atoms. The number of amides is 1. The van der Waals surface area contributed by atoms with Crippen molar-refractivity contribution in [2.45, 2.75) is 13.3 Å². The number of carbonyl (C=O) groups is 1. The van der Waals surface area contributed by atoms with Gasteiger partial charge in [0.1, 0.15) is 5.84 Å². The Hall–Kier alpha value is -0.130. The third kappa shape index (κ3) is 2.95. The van der Waals surface area contributed by atoms with Gasteiger partial charge in [0.05, 0.1) is 22.9 Å². The molecule has 1 N–H and O–H groups in total.